The van der Waals surface area contributed by atoms with Gasteiger partial charge in [-0.3, -0.25) is 14.9 Å². The molecule has 1 N–H and O–H groups in total. The van der Waals surface area contributed by atoms with Crippen molar-refractivity contribution in [1.82, 2.24) is 9.97 Å². The topological polar surface area (TPSA) is 120 Å². The van der Waals surface area contributed by atoms with Gasteiger partial charge in [0.2, 0.25) is 11.6 Å². The number of methoxy groups -OCH3 is 1. The fourth-order valence-corrected chi connectivity index (χ4v) is 3.41. The van der Waals surface area contributed by atoms with Crippen LogP contribution in [0.2, 0.25) is 0 Å². The van der Waals surface area contributed by atoms with Crippen LogP contribution < -0.4 is 15.0 Å². The molecular formula is C20H25N5O5. The number of hydrogen-bond acceptors (Lipinski definition) is 9. The molecule has 0 amide bonds. The van der Waals surface area contributed by atoms with Crippen LogP contribution in [0.4, 0.5) is 17.3 Å². The summed E-state index contributed by atoms with van der Waals surface area (Å²) in [6.07, 6.45) is 2.44. The lowest BCUT2D eigenvalue weighted by atomic mass is 9.97. The van der Waals surface area contributed by atoms with E-state index in [0.717, 1.165) is 11.3 Å². The van der Waals surface area contributed by atoms with Crippen LogP contribution in [0.5, 0.6) is 5.75 Å². The highest BCUT2D eigenvalue weighted by Crippen LogP contribution is 2.34. The van der Waals surface area contributed by atoms with Crippen molar-refractivity contribution in [3.05, 3.63) is 46.3 Å². The second kappa shape index (κ2) is 9.86. The summed E-state index contributed by atoms with van der Waals surface area (Å²) < 4.78 is 10.2. The van der Waals surface area contributed by atoms with E-state index in [1.165, 1.54) is 6.33 Å². The molecule has 1 fully saturated rings. The summed E-state index contributed by atoms with van der Waals surface area (Å²) in [5.41, 5.74) is 0.765. The van der Waals surface area contributed by atoms with Gasteiger partial charge < -0.3 is 19.7 Å². The molecule has 0 saturated carbocycles. The molecule has 10 heteroatoms. The molecule has 0 atom stereocenters. The summed E-state index contributed by atoms with van der Waals surface area (Å²) in [7, 11) is 1.59. The molecule has 2 aromatic rings. The molecule has 3 rings (SSSR count). The standard InChI is InChI=1S/C20H25N5O5/c1-3-30-20(26)15-8-10-24(11-9-15)19-17(25(27)28)18(22-13-23-19)21-12-14-4-6-16(29-2)7-5-14/h4-7,13,15H,3,8-12H2,1-2H3,(H,21,22,23). The molecule has 2 heterocycles. The number of carbonyl (C=O) groups is 1. The van der Waals surface area contributed by atoms with Gasteiger partial charge in [0.1, 0.15) is 12.1 Å². The van der Waals surface area contributed by atoms with Crippen LogP contribution in [-0.4, -0.2) is 47.7 Å². The largest absolute Gasteiger partial charge is 0.497 e. The van der Waals surface area contributed by atoms with Gasteiger partial charge in [-0.1, -0.05) is 12.1 Å². The molecule has 0 spiro atoms. The molecule has 1 aliphatic heterocycles. The number of anilines is 2. The van der Waals surface area contributed by atoms with E-state index in [1.807, 2.05) is 29.2 Å². The average molecular weight is 415 g/mol. The summed E-state index contributed by atoms with van der Waals surface area (Å²) in [5, 5.41) is 14.8. The number of nitrogens with one attached hydrogen (secondary N) is 1. The fourth-order valence-electron chi connectivity index (χ4n) is 3.41. The Kier molecular flexibility index (Phi) is 6.99. The predicted octanol–water partition coefficient (Wildman–Crippen LogP) is 2.79. The third-order valence-electron chi connectivity index (χ3n) is 5.02. The van der Waals surface area contributed by atoms with E-state index in [1.54, 1.807) is 14.0 Å². The second-order valence-corrected chi connectivity index (χ2v) is 6.87. The summed E-state index contributed by atoms with van der Waals surface area (Å²) in [5.74, 6) is 0.758. The summed E-state index contributed by atoms with van der Waals surface area (Å²) >= 11 is 0. The predicted molar refractivity (Wildman–Crippen MR) is 111 cm³/mol. The van der Waals surface area contributed by atoms with E-state index in [-0.39, 0.29) is 29.2 Å². The van der Waals surface area contributed by atoms with Gasteiger partial charge in [0.25, 0.3) is 0 Å². The number of carbonyl (C=O) groups excluding carboxylic acids is 1. The zero-order valence-electron chi connectivity index (χ0n) is 17.0. The minimum Gasteiger partial charge on any atom is -0.497 e. The lowest BCUT2D eigenvalue weighted by Crippen LogP contribution is -2.37. The van der Waals surface area contributed by atoms with E-state index in [2.05, 4.69) is 15.3 Å². The fraction of sp³-hybridized carbons (Fsp3) is 0.450. The van der Waals surface area contributed by atoms with Crippen LogP contribution in [0.15, 0.2) is 30.6 Å². The number of rotatable bonds is 8. The van der Waals surface area contributed by atoms with Gasteiger partial charge in [-0.05, 0) is 37.5 Å². The molecule has 160 valence electrons. The lowest BCUT2D eigenvalue weighted by molar-refractivity contribution is -0.383. The molecule has 1 aliphatic rings. The first-order chi connectivity index (χ1) is 14.5. The Balaban J connectivity index is 1.73. The highest BCUT2D eigenvalue weighted by molar-refractivity contribution is 5.74. The Bertz CT molecular complexity index is 882. The van der Waals surface area contributed by atoms with Crippen molar-refractivity contribution in [1.29, 1.82) is 0 Å². The smallest absolute Gasteiger partial charge is 0.353 e. The van der Waals surface area contributed by atoms with Crippen LogP contribution in [0.1, 0.15) is 25.3 Å². The molecule has 1 aromatic carbocycles. The van der Waals surface area contributed by atoms with Crippen molar-refractivity contribution in [3.8, 4) is 5.75 Å². The Morgan fingerprint density at radius 2 is 1.97 bits per heavy atom. The maximum absolute atomic E-state index is 11.9. The van der Waals surface area contributed by atoms with Gasteiger partial charge in [-0.15, -0.1) is 0 Å². The molecule has 10 nitrogen and oxygen atoms in total. The van der Waals surface area contributed by atoms with Crippen molar-refractivity contribution in [2.75, 3.05) is 37.0 Å². The highest BCUT2D eigenvalue weighted by Gasteiger charge is 2.32. The van der Waals surface area contributed by atoms with E-state index in [4.69, 9.17) is 9.47 Å². The number of aromatic nitrogens is 2. The highest BCUT2D eigenvalue weighted by atomic mass is 16.6. The van der Waals surface area contributed by atoms with E-state index >= 15 is 0 Å². The van der Waals surface area contributed by atoms with Gasteiger partial charge in [0.15, 0.2) is 0 Å². The molecule has 0 unspecified atom stereocenters. The number of ether oxygens (including phenoxy) is 2. The van der Waals surface area contributed by atoms with Crippen LogP contribution in [0.25, 0.3) is 0 Å². The molecule has 0 radical (unpaired) electrons. The molecule has 0 aliphatic carbocycles. The minimum absolute atomic E-state index is 0.160. The quantitative estimate of drug-likeness (QED) is 0.394. The molecule has 1 aromatic heterocycles. The normalized spacial score (nSPS) is 14.3. The number of benzene rings is 1. The van der Waals surface area contributed by atoms with Crippen LogP contribution >= 0.6 is 0 Å². The summed E-state index contributed by atoms with van der Waals surface area (Å²) in [6, 6.07) is 7.40. The first-order valence-electron chi connectivity index (χ1n) is 9.81. The lowest BCUT2D eigenvalue weighted by Gasteiger charge is -2.31. The molecule has 30 heavy (non-hydrogen) atoms. The van der Waals surface area contributed by atoms with Crippen molar-refractivity contribution in [2.24, 2.45) is 5.92 Å². The van der Waals surface area contributed by atoms with Crippen LogP contribution in [0, 0.1) is 16.0 Å². The Labute approximate surface area is 174 Å². The summed E-state index contributed by atoms with van der Waals surface area (Å²) in [4.78, 5) is 33.4. The third-order valence-corrected chi connectivity index (χ3v) is 5.02. The van der Waals surface area contributed by atoms with E-state index < -0.39 is 4.92 Å². The maximum Gasteiger partial charge on any atom is 0.353 e. The van der Waals surface area contributed by atoms with Crippen molar-refractivity contribution in [2.45, 2.75) is 26.3 Å². The zero-order chi connectivity index (χ0) is 21.5. The van der Waals surface area contributed by atoms with Gasteiger partial charge in [0, 0.05) is 19.6 Å². The first-order valence-corrected chi connectivity index (χ1v) is 9.81. The number of nitro groups is 1. The zero-order valence-corrected chi connectivity index (χ0v) is 17.0. The molecule has 1 saturated heterocycles. The third kappa shape index (κ3) is 4.94. The van der Waals surface area contributed by atoms with Gasteiger partial charge in [-0.2, -0.15) is 0 Å². The Hall–Kier alpha value is -3.43. The monoisotopic (exact) mass is 415 g/mol. The van der Waals surface area contributed by atoms with E-state index in [0.29, 0.717) is 39.1 Å². The number of hydrogen-bond donors (Lipinski definition) is 1. The van der Waals surface area contributed by atoms with Crippen LogP contribution in [0.3, 0.4) is 0 Å². The number of esters is 1. The minimum atomic E-state index is -0.469. The first kappa shape index (κ1) is 21.3. The summed E-state index contributed by atoms with van der Waals surface area (Å²) in [6.45, 7) is 3.46. The Morgan fingerprint density at radius 3 is 2.57 bits per heavy atom. The van der Waals surface area contributed by atoms with Gasteiger partial charge >= 0.3 is 11.7 Å². The Morgan fingerprint density at radius 1 is 1.27 bits per heavy atom. The molecule has 0 bridgehead atoms. The number of nitrogens with zero attached hydrogens (tertiary/aromatic N) is 4. The number of piperidine rings is 1. The van der Waals surface area contributed by atoms with Crippen LogP contribution in [-0.2, 0) is 16.1 Å². The van der Waals surface area contributed by atoms with Crippen molar-refractivity contribution >= 4 is 23.3 Å². The SMILES string of the molecule is CCOC(=O)C1CCN(c2ncnc(NCc3ccc(OC)cc3)c2[N+](=O)[O-])CC1. The van der Waals surface area contributed by atoms with Crippen molar-refractivity contribution < 1.29 is 19.2 Å². The average Bonchev–Trinajstić information content (AvgIpc) is 2.78. The second-order valence-electron chi connectivity index (χ2n) is 6.87. The van der Waals surface area contributed by atoms with Gasteiger partial charge in [0.05, 0.1) is 24.6 Å². The maximum atomic E-state index is 11.9. The molecular weight excluding hydrogens is 390 g/mol. The van der Waals surface area contributed by atoms with Gasteiger partial charge in [-0.25, -0.2) is 9.97 Å². The van der Waals surface area contributed by atoms with Crippen molar-refractivity contribution in [3.63, 3.8) is 0 Å². The van der Waals surface area contributed by atoms with E-state index in [9.17, 15) is 14.9 Å².